The van der Waals surface area contributed by atoms with Gasteiger partial charge in [0, 0.05) is 5.56 Å². The van der Waals surface area contributed by atoms with Gasteiger partial charge in [-0.25, -0.2) is 4.98 Å². The van der Waals surface area contributed by atoms with E-state index in [1.54, 1.807) is 6.07 Å². The van der Waals surface area contributed by atoms with Gasteiger partial charge < -0.3 is 10.7 Å². The lowest BCUT2D eigenvalue weighted by Gasteiger charge is -1.96. The SMILES string of the molecule is Cl.N=C(N)c1ccc2nc(/C=C/c3ccccc3)[nH]c2c1. The predicted molar refractivity (Wildman–Crippen MR) is 89.7 cm³/mol. The number of nitrogen functional groups attached to an aromatic ring is 1. The zero-order chi connectivity index (χ0) is 13.9. The van der Waals surface area contributed by atoms with Gasteiger partial charge in [0.25, 0.3) is 0 Å². The normalized spacial score (nSPS) is 10.7. The standard InChI is InChI=1S/C16H14N4.ClH/c17-16(18)12-7-8-13-14(10-12)20-15(19-13)9-6-11-4-2-1-3-5-11;/h1-10H,(H3,17,18)(H,19,20);1H/b9-6+;. The van der Waals surface area contributed by atoms with Crippen molar-refractivity contribution in [2.24, 2.45) is 5.73 Å². The molecular weight excluding hydrogens is 284 g/mol. The van der Waals surface area contributed by atoms with Crippen LogP contribution in [0.25, 0.3) is 23.2 Å². The van der Waals surface area contributed by atoms with Crippen LogP contribution in [0.3, 0.4) is 0 Å². The number of amidine groups is 1. The molecule has 3 aromatic rings. The molecule has 106 valence electrons. The number of imidazole rings is 1. The zero-order valence-electron chi connectivity index (χ0n) is 11.2. The van der Waals surface area contributed by atoms with Crippen molar-refractivity contribution in [3.05, 3.63) is 65.5 Å². The number of aromatic amines is 1. The lowest BCUT2D eigenvalue weighted by molar-refractivity contribution is 1.29. The highest BCUT2D eigenvalue weighted by molar-refractivity contribution is 5.98. The van der Waals surface area contributed by atoms with Crippen LogP contribution in [0.2, 0.25) is 0 Å². The average molecular weight is 299 g/mol. The average Bonchev–Trinajstić information content (AvgIpc) is 2.88. The predicted octanol–water partition coefficient (Wildman–Crippen LogP) is 3.44. The molecule has 5 heteroatoms. The Morgan fingerprint density at radius 1 is 1.10 bits per heavy atom. The molecule has 0 saturated carbocycles. The van der Waals surface area contributed by atoms with Gasteiger partial charge >= 0.3 is 0 Å². The summed E-state index contributed by atoms with van der Waals surface area (Å²) in [7, 11) is 0. The Balaban J connectivity index is 0.00000161. The second kappa shape index (κ2) is 6.24. The Labute approximate surface area is 128 Å². The van der Waals surface area contributed by atoms with Gasteiger partial charge in [0.15, 0.2) is 0 Å². The lowest BCUT2D eigenvalue weighted by atomic mass is 10.2. The minimum absolute atomic E-state index is 0. The second-order valence-corrected chi connectivity index (χ2v) is 4.51. The minimum atomic E-state index is 0. The molecular formula is C16H15ClN4. The molecule has 2 aromatic carbocycles. The van der Waals surface area contributed by atoms with Crippen molar-refractivity contribution in [1.29, 1.82) is 5.41 Å². The Morgan fingerprint density at radius 2 is 1.86 bits per heavy atom. The number of nitrogens with zero attached hydrogens (tertiary/aromatic N) is 1. The van der Waals surface area contributed by atoms with Gasteiger partial charge in [-0.3, -0.25) is 5.41 Å². The molecule has 0 fully saturated rings. The van der Waals surface area contributed by atoms with E-state index in [4.69, 9.17) is 11.1 Å². The Hall–Kier alpha value is -2.59. The van der Waals surface area contributed by atoms with Crippen molar-refractivity contribution in [1.82, 2.24) is 9.97 Å². The molecule has 0 spiro atoms. The van der Waals surface area contributed by atoms with Crippen LogP contribution in [0, 0.1) is 5.41 Å². The van der Waals surface area contributed by atoms with Gasteiger partial charge in [0.2, 0.25) is 0 Å². The molecule has 4 N–H and O–H groups in total. The number of aromatic nitrogens is 2. The van der Waals surface area contributed by atoms with Crippen LogP contribution < -0.4 is 5.73 Å². The molecule has 0 unspecified atom stereocenters. The first kappa shape index (κ1) is 14.8. The summed E-state index contributed by atoms with van der Waals surface area (Å²) in [5.41, 5.74) is 9.04. The highest BCUT2D eigenvalue weighted by Crippen LogP contribution is 2.15. The molecule has 0 aliphatic carbocycles. The molecule has 4 nitrogen and oxygen atoms in total. The Bertz CT molecular complexity index is 790. The third kappa shape index (κ3) is 3.30. The maximum atomic E-state index is 7.44. The fraction of sp³-hybridized carbons (Fsp3) is 0. The van der Waals surface area contributed by atoms with Crippen LogP contribution in [0.5, 0.6) is 0 Å². The first-order chi connectivity index (χ1) is 9.72. The summed E-state index contributed by atoms with van der Waals surface area (Å²) >= 11 is 0. The zero-order valence-corrected chi connectivity index (χ0v) is 12.0. The quantitative estimate of drug-likeness (QED) is 0.511. The number of nitrogens with one attached hydrogen (secondary N) is 2. The van der Waals surface area contributed by atoms with Crippen molar-refractivity contribution in [3.63, 3.8) is 0 Å². The van der Waals surface area contributed by atoms with E-state index in [-0.39, 0.29) is 18.2 Å². The number of halogens is 1. The third-order valence-electron chi connectivity index (χ3n) is 3.04. The Kier molecular flexibility index (Phi) is 4.40. The maximum Gasteiger partial charge on any atom is 0.131 e. The highest BCUT2D eigenvalue weighted by Gasteiger charge is 2.03. The van der Waals surface area contributed by atoms with E-state index < -0.39 is 0 Å². The van der Waals surface area contributed by atoms with Crippen LogP contribution in [0.15, 0.2) is 48.5 Å². The van der Waals surface area contributed by atoms with E-state index in [9.17, 15) is 0 Å². The number of hydrogen-bond donors (Lipinski definition) is 3. The molecule has 1 heterocycles. The lowest BCUT2D eigenvalue weighted by Crippen LogP contribution is -2.10. The molecule has 1 aromatic heterocycles. The van der Waals surface area contributed by atoms with E-state index >= 15 is 0 Å². The largest absolute Gasteiger partial charge is 0.384 e. The molecule has 0 atom stereocenters. The van der Waals surface area contributed by atoms with E-state index in [0.29, 0.717) is 5.56 Å². The van der Waals surface area contributed by atoms with Crippen LogP contribution in [0.4, 0.5) is 0 Å². The van der Waals surface area contributed by atoms with Gasteiger partial charge in [-0.2, -0.15) is 0 Å². The first-order valence-corrected chi connectivity index (χ1v) is 6.30. The summed E-state index contributed by atoms with van der Waals surface area (Å²) in [6.45, 7) is 0. The monoisotopic (exact) mass is 298 g/mol. The maximum absolute atomic E-state index is 7.44. The van der Waals surface area contributed by atoms with Crippen molar-refractivity contribution in [2.75, 3.05) is 0 Å². The van der Waals surface area contributed by atoms with Gasteiger partial charge in [-0.1, -0.05) is 36.4 Å². The van der Waals surface area contributed by atoms with E-state index in [1.165, 1.54) is 0 Å². The third-order valence-corrected chi connectivity index (χ3v) is 3.04. The first-order valence-electron chi connectivity index (χ1n) is 6.30. The molecule has 3 rings (SSSR count). The summed E-state index contributed by atoms with van der Waals surface area (Å²) in [6.07, 6.45) is 3.94. The van der Waals surface area contributed by atoms with Gasteiger partial charge in [0.05, 0.1) is 11.0 Å². The fourth-order valence-electron chi connectivity index (χ4n) is 2.02. The number of nitrogens with two attached hydrogens (primary N) is 1. The summed E-state index contributed by atoms with van der Waals surface area (Å²) in [5, 5.41) is 7.44. The van der Waals surface area contributed by atoms with Crippen LogP contribution in [-0.2, 0) is 0 Å². The van der Waals surface area contributed by atoms with E-state index in [1.807, 2.05) is 54.6 Å². The molecule has 0 bridgehead atoms. The van der Waals surface area contributed by atoms with Gasteiger partial charge in [0.1, 0.15) is 11.7 Å². The van der Waals surface area contributed by atoms with Gasteiger partial charge in [-0.15, -0.1) is 12.4 Å². The molecule has 21 heavy (non-hydrogen) atoms. The number of hydrogen-bond acceptors (Lipinski definition) is 2. The van der Waals surface area contributed by atoms with Crippen LogP contribution in [-0.4, -0.2) is 15.8 Å². The summed E-state index contributed by atoms with van der Waals surface area (Å²) in [4.78, 5) is 7.69. The summed E-state index contributed by atoms with van der Waals surface area (Å²) in [5.74, 6) is 0.840. The number of rotatable bonds is 3. The van der Waals surface area contributed by atoms with Crippen molar-refractivity contribution < 1.29 is 0 Å². The van der Waals surface area contributed by atoms with Gasteiger partial charge in [-0.05, 0) is 29.8 Å². The topological polar surface area (TPSA) is 78.6 Å². The second-order valence-electron chi connectivity index (χ2n) is 4.51. The summed E-state index contributed by atoms with van der Waals surface area (Å²) in [6, 6.07) is 15.6. The van der Waals surface area contributed by atoms with Crippen molar-refractivity contribution in [3.8, 4) is 0 Å². The van der Waals surface area contributed by atoms with Crippen LogP contribution in [0.1, 0.15) is 17.0 Å². The smallest absolute Gasteiger partial charge is 0.131 e. The molecule has 0 saturated heterocycles. The molecule has 0 radical (unpaired) electrons. The summed E-state index contributed by atoms with van der Waals surface area (Å²) < 4.78 is 0. The molecule has 0 amide bonds. The van der Waals surface area contributed by atoms with Crippen LogP contribution >= 0.6 is 12.4 Å². The molecule has 0 aliphatic rings. The molecule has 0 aliphatic heterocycles. The van der Waals surface area contributed by atoms with E-state index in [2.05, 4.69) is 9.97 Å². The number of H-pyrrole nitrogens is 1. The Morgan fingerprint density at radius 3 is 2.57 bits per heavy atom. The number of benzene rings is 2. The van der Waals surface area contributed by atoms with Crippen molar-refractivity contribution in [2.45, 2.75) is 0 Å². The van der Waals surface area contributed by atoms with E-state index in [0.717, 1.165) is 22.4 Å². The highest BCUT2D eigenvalue weighted by atomic mass is 35.5. The number of fused-ring (bicyclic) bond motifs is 1. The minimum Gasteiger partial charge on any atom is -0.384 e. The fourth-order valence-corrected chi connectivity index (χ4v) is 2.02. The van der Waals surface area contributed by atoms with Crippen molar-refractivity contribution >= 4 is 41.4 Å².